The molecule has 1 rings (SSSR count). The van der Waals surface area contributed by atoms with E-state index in [1.165, 1.54) is 13.8 Å². The second-order valence-electron chi connectivity index (χ2n) is 3.87. The lowest BCUT2D eigenvalue weighted by molar-refractivity contribution is -0.235. The van der Waals surface area contributed by atoms with Crippen molar-refractivity contribution >= 4 is 0 Å². The third-order valence-corrected chi connectivity index (χ3v) is 2.69. The molecule has 0 amide bonds. The molecule has 2 N–H and O–H groups in total. The van der Waals surface area contributed by atoms with Crippen molar-refractivity contribution in [3.8, 4) is 0 Å². The van der Waals surface area contributed by atoms with Crippen molar-refractivity contribution < 1.29 is 19.0 Å². The predicted molar refractivity (Wildman–Crippen MR) is 40.0 cm³/mol. The van der Waals surface area contributed by atoms with Crippen LogP contribution in [0.25, 0.3) is 0 Å². The fourth-order valence-electron chi connectivity index (χ4n) is 1.52. The number of aliphatic hydroxyl groups excluding tert-OH is 1. The first kappa shape index (κ1) is 9.86. The van der Waals surface area contributed by atoms with Gasteiger partial charge in [-0.3, -0.25) is 0 Å². The van der Waals surface area contributed by atoms with Crippen LogP contribution in [-0.4, -0.2) is 27.8 Å². The number of hydrogen-bond donors (Lipinski definition) is 2. The van der Waals surface area contributed by atoms with Crippen LogP contribution in [0.2, 0.25) is 0 Å². The van der Waals surface area contributed by atoms with Crippen molar-refractivity contribution in [3.63, 3.8) is 0 Å². The summed E-state index contributed by atoms with van der Waals surface area (Å²) in [5.41, 5.74) is -1.64. The molecule has 1 aliphatic rings. The SMILES string of the molecule is C[C@@H]1CC[C@@](C)(O)[C@H](O)C1(F)F. The van der Waals surface area contributed by atoms with Crippen LogP contribution < -0.4 is 0 Å². The van der Waals surface area contributed by atoms with E-state index in [2.05, 4.69) is 0 Å². The van der Waals surface area contributed by atoms with Gasteiger partial charge in [0, 0.05) is 5.92 Å². The summed E-state index contributed by atoms with van der Waals surface area (Å²) in [6.07, 6.45) is -1.46. The summed E-state index contributed by atoms with van der Waals surface area (Å²) >= 11 is 0. The summed E-state index contributed by atoms with van der Waals surface area (Å²) in [5, 5.41) is 18.5. The third-order valence-electron chi connectivity index (χ3n) is 2.69. The Bertz CT molecular complexity index is 180. The molecular formula is C8H14F2O2. The van der Waals surface area contributed by atoms with Gasteiger partial charge in [-0.1, -0.05) is 6.92 Å². The highest BCUT2D eigenvalue weighted by Gasteiger charge is 2.55. The molecule has 1 fully saturated rings. The standard InChI is InChI=1S/C8H14F2O2/c1-5-3-4-7(2,12)6(11)8(5,9)10/h5-6,11-12H,3-4H2,1-2H3/t5-,6+,7-/m1/s1. The van der Waals surface area contributed by atoms with Gasteiger partial charge in [0.2, 0.25) is 0 Å². The molecule has 0 aliphatic heterocycles. The van der Waals surface area contributed by atoms with Gasteiger partial charge in [-0.05, 0) is 19.8 Å². The molecule has 0 saturated heterocycles. The quantitative estimate of drug-likeness (QED) is 0.587. The lowest BCUT2D eigenvalue weighted by atomic mass is 9.75. The maximum atomic E-state index is 13.1. The van der Waals surface area contributed by atoms with Crippen LogP contribution in [0.1, 0.15) is 26.7 Å². The average Bonchev–Trinajstić information content (AvgIpc) is 1.96. The predicted octanol–water partition coefficient (Wildman–Crippen LogP) is 1.16. The first-order valence-corrected chi connectivity index (χ1v) is 4.06. The zero-order valence-electron chi connectivity index (χ0n) is 7.22. The Morgan fingerprint density at radius 2 is 1.92 bits per heavy atom. The molecule has 12 heavy (non-hydrogen) atoms. The molecule has 0 aromatic rings. The number of hydrogen-bond acceptors (Lipinski definition) is 2. The molecular weight excluding hydrogens is 166 g/mol. The van der Waals surface area contributed by atoms with E-state index in [0.717, 1.165) is 0 Å². The van der Waals surface area contributed by atoms with Gasteiger partial charge in [0.05, 0.1) is 5.60 Å². The van der Waals surface area contributed by atoms with Gasteiger partial charge < -0.3 is 10.2 Å². The van der Waals surface area contributed by atoms with Crippen LogP contribution >= 0.6 is 0 Å². The Labute approximate surface area is 70.2 Å². The van der Waals surface area contributed by atoms with Gasteiger partial charge in [0.15, 0.2) is 0 Å². The minimum atomic E-state index is -3.16. The van der Waals surface area contributed by atoms with Gasteiger partial charge in [-0.2, -0.15) is 0 Å². The topological polar surface area (TPSA) is 40.5 Å². The Hall–Kier alpha value is -0.220. The van der Waals surface area contributed by atoms with E-state index in [-0.39, 0.29) is 12.8 Å². The van der Waals surface area contributed by atoms with Crippen LogP contribution in [0.15, 0.2) is 0 Å². The van der Waals surface area contributed by atoms with Gasteiger partial charge >= 0.3 is 0 Å². The van der Waals surface area contributed by atoms with E-state index in [4.69, 9.17) is 5.11 Å². The number of aliphatic hydroxyl groups is 2. The molecule has 0 aromatic heterocycles. The van der Waals surface area contributed by atoms with E-state index in [1.54, 1.807) is 0 Å². The molecule has 4 heteroatoms. The Balaban J connectivity index is 2.86. The van der Waals surface area contributed by atoms with E-state index in [1.807, 2.05) is 0 Å². The summed E-state index contributed by atoms with van der Waals surface area (Å²) in [5.74, 6) is -4.02. The third kappa shape index (κ3) is 1.33. The molecule has 2 nitrogen and oxygen atoms in total. The molecule has 3 atom stereocenters. The first-order valence-electron chi connectivity index (χ1n) is 4.06. The average molecular weight is 180 g/mol. The van der Waals surface area contributed by atoms with Crippen LogP contribution in [0.4, 0.5) is 8.78 Å². The highest BCUT2D eigenvalue weighted by atomic mass is 19.3. The molecule has 1 saturated carbocycles. The molecule has 0 heterocycles. The van der Waals surface area contributed by atoms with Crippen LogP contribution in [0, 0.1) is 5.92 Å². The minimum absolute atomic E-state index is 0.227. The summed E-state index contributed by atoms with van der Waals surface area (Å²) in [4.78, 5) is 0. The van der Waals surface area contributed by atoms with Crippen molar-refractivity contribution in [2.75, 3.05) is 0 Å². The highest BCUT2D eigenvalue weighted by Crippen LogP contribution is 2.42. The Morgan fingerprint density at radius 3 is 2.33 bits per heavy atom. The summed E-state index contributed by atoms with van der Waals surface area (Å²) < 4.78 is 26.2. The molecule has 72 valence electrons. The molecule has 0 radical (unpaired) electrons. The second kappa shape index (κ2) is 2.64. The fraction of sp³-hybridized carbons (Fsp3) is 1.00. The van der Waals surface area contributed by atoms with Crippen molar-refractivity contribution in [2.45, 2.75) is 44.3 Å². The normalized spacial score (nSPS) is 47.5. The zero-order chi connectivity index (χ0) is 9.57. The molecule has 1 aliphatic carbocycles. The zero-order valence-corrected chi connectivity index (χ0v) is 7.22. The van der Waals surface area contributed by atoms with Crippen molar-refractivity contribution in [1.29, 1.82) is 0 Å². The summed E-state index contributed by atoms with van der Waals surface area (Å²) in [6, 6.07) is 0. The Morgan fingerprint density at radius 1 is 1.42 bits per heavy atom. The Kier molecular flexibility index (Phi) is 2.17. The van der Waals surface area contributed by atoms with E-state index < -0.39 is 23.5 Å². The smallest absolute Gasteiger partial charge is 0.278 e. The number of rotatable bonds is 0. The van der Waals surface area contributed by atoms with Gasteiger partial charge in [0.25, 0.3) is 5.92 Å². The highest BCUT2D eigenvalue weighted by molar-refractivity contribution is 4.99. The minimum Gasteiger partial charge on any atom is -0.387 e. The summed E-state index contributed by atoms with van der Waals surface area (Å²) in [6.45, 7) is 2.63. The first-order chi connectivity index (χ1) is 5.28. The molecule has 0 spiro atoms. The molecule has 0 aromatic carbocycles. The van der Waals surface area contributed by atoms with Gasteiger partial charge in [0.1, 0.15) is 6.10 Å². The lowest BCUT2D eigenvalue weighted by Crippen LogP contribution is -2.57. The largest absolute Gasteiger partial charge is 0.387 e. The monoisotopic (exact) mass is 180 g/mol. The van der Waals surface area contributed by atoms with Crippen LogP contribution in [0.3, 0.4) is 0 Å². The lowest BCUT2D eigenvalue weighted by Gasteiger charge is -2.42. The van der Waals surface area contributed by atoms with E-state index in [0.29, 0.717) is 0 Å². The van der Waals surface area contributed by atoms with Crippen LogP contribution in [0.5, 0.6) is 0 Å². The second-order valence-corrected chi connectivity index (χ2v) is 3.87. The van der Waals surface area contributed by atoms with Gasteiger partial charge in [-0.25, -0.2) is 8.78 Å². The van der Waals surface area contributed by atoms with Crippen molar-refractivity contribution in [3.05, 3.63) is 0 Å². The number of alkyl halides is 2. The maximum Gasteiger partial charge on any atom is 0.278 e. The van der Waals surface area contributed by atoms with E-state index >= 15 is 0 Å². The molecule has 0 unspecified atom stereocenters. The molecule has 0 bridgehead atoms. The summed E-state index contributed by atoms with van der Waals surface area (Å²) in [7, 11) is 0. The van der Waals surface area contributed by atoms with Gasteiger partial charge in [-0.15, -0.1) is 0 Å². The van der Waals surface area contributed by atoms with Crippen LogP contribution in [-0.2, 0) is 0 Å². The van der Waals surface area contributed by atoms with Crippen molar-refractivity contribution in [1.82, 2.24) is 0 Å². The van der Waals surface area contributed by atoms with Crippen molar-refractivity contribution in [2.24, 2.45) is 5.92 Å². The number of halogens is 2. The van der Waals surface area contributed by atoms with E-state index in [9.17, 15) is 13.9 Å². The maximum absolute atomic E-state index is 13.1. The fourth-order valence-corrected chi connectivity index (χ4v) is 1.52.